The van der Waals surface area contributed by atoms with Crippen LogP contribution in [0.3, 0.4) is 0 Å². The largest absolute Gasteiger partial charge is 0.464 e. The number of amides is 2. The molecular formula is C15H24N2O5S. The van der Waals surface area contributed by atoms with E-state index in [1.165, 1.54) is 16.7 Å². The van der Waals surface area contributed by atoms with Gasteiger partial charge in [-0.2, -0.15) is 0 Å². The number of fused-ring (bicyclic) bond motifs is 1. The third-order valence-electron chi connectivity index (χ3n) is 3.62. The molecule has 0 saturated carbocycles. The molecule has 2 heterocycles. The normalized spacial score (nSPS) is 28.7. The van der Waals surface area contributed by atoms with Gasteiger partial charge in [-0.25, -0.2) is 9.59 Å². The number of alkyl carbamates (subject to hydrolysis) is 1. The predicted octanol–water partition coefficient (Wildman–Crippen LogP) is 1.51. The summed E-state index contributed by atoms with van der Waals surface area (Å²) in [5.41, 5.74) is -0.633. The number of carbonyl (C=O) groups excluding carboxylic acids is 3. The van der Waals surface area contributed by atoms with Gasteiger partial charge < -0.3 is 19.7 Å². The molecule has 7 nitrogen and oxygen atoms in total. The summed E-state index contributed by atoms with van der Waals surface area (Å²) in [5.74, 6) is -0.687. The molecule has 0 aromatic heterocycles. The summed E-state index contributed by atoms with van der Waals surface area (Å²) in [4.78, 5) is 37.9. The smallest absolute Gasteiger partial charge is 0.408 e. The topological polar surface area (TPSA) is 84.9 Å². The second-order valence-electron chi connectivity index (χ2n) is 7.14. The molecule has 0 spiro atoms. The van der Waals surface area contributed by atoms with Crippen LogP contribution in [0.1, 0.15) is 41.5 Å². The van der Waals surface area contributed by atoms with Gasteiger partial charge in [0.1, 0.15) is 23.1 Å². The number of nitrogens with one attached hydrogen (secondary N) is 1. The third kappa shape index (κ3) is 3.41. The first-order valence-electron chi connectivity index (χ1n) is 7.64. The van der Waals surface area contributed by atoms with Crippen molar-refractivity contribution in [2.75, 3.05) is 6.61 Å². The van der Waals surface area contributed by atoms with E-state index in [-0.39, 0.29) is 17.9 Å². The second kappa shape index (κ2) is 5.89. The second-order valence-corrected chi connectivity index (χ2v) is 8.91. The highest BCUT2D eigenvalue weighted by Gasteiger charge is 2.64. The van der Waals surface area contributed by atoms with Gasteiger partial charge in [0.05, 0.1) is 6.61 Å². The Hall–Kier alpha value is -1.44. The number of rotatable bonds is 3. The number of ether oxygens (including phenoxy) is 2. The molecule has 2 amide bonds. The molecule has 0 radical (unpaired) electrons. The van der Waals surface area contributed by atoms with E-state index in [1.807, 2.05) is 13.8 Å². The van der Waals surface area contributed by atoms with Gasteiger partial charge in [0.2, 0.25) is 5.91 Å². The minimum absolute atomic E-state index is 0.266. The van der Waals surface area contributed by atoms with E-state index in [4.69, 9.17) is 9.47 Å². The Morgan fingerprint density at radius 2 is 1.96 bits per heavy atom. The molecule has 2 rings (SSSR count). The molecule has 3 atom stereocenters. The Balaban J connectivity index is 2.07. The molecule has 0 unspecified atom stereocenters. The van der Waals surface area contributed by atoms with Crippen molar-refractivity contribution in [1.82, 2.24) is 10.2 Å². The van der Waals surface area contributed by atoms with Crippen molar-refractivity contribution >= 4 is 29.7 Å². The molecule has 1 N–H and O–H groups in total. The summed E-state index contributed by atoms with van der Waals surface area (Å²) >= 11 is 1.49. The summed E-state index contributed by atoms with van der Waals surface area (Å²) in [5, 5.41) is 2.32. The predicted molar refractivity (Wildman–Crippen MR) is 85.9 cm³/mol. The Kier molecular flexibility index (Phi) is 4.58. The molecular weight excluding hydrogens is 320 g/mol. The summed E-state index contributed by atoms with van der Waals surface area (Å²) < 4.78 is 9.80. The molecule has 0 aromatic rings. The molecule has 0 aliphatic carbocycles. The minimum atomic E-state index is -0.673. The van der Waals surface area contributed by atoms with E-state index in [0.717, 1.165) is 0 Å². The van der Waals surface area contributed by atoms with Crippen molar-refractivity contribution in [2.24, 2.45) is 0 Å². The SMILES string of the molecule is CCOC(=O)[C@@H]1N2C(=O)[C@@H](NC(=O)OC(C)(C)C)[C@H]2SC1(C)C. The average molecular weight is 344 g/mol. The first kappa shape index (κ1) is 17.9. The number of β-lactam (4-membered cyclic amide) rings is 1. The van der Waals surface area contributed by atoms with Gasteiger partial charge in [-0.15, -0.1) is 11.8 Å². The van der Waals surface area contributed by atoms with Gasteiger partial charge in [-0.3, -0.25) is 4.79 Å². The molecule has 0 bridgehead atoms. The lowest BCUT2D eigenvalue weighted by Gasteiger charge is -2.43. The molecule has 0 aromatic carbocycles. The molecule has 23 heavy (non-hydrogen) atoms. The number of esters is 1. The number of thioether (sulfide) groups is 1. The van der Waals surface area contributed by atoms with Crippen molar-refractivity contribution in [3.63, 3.8) is 0 Å². The fraction of sp³-hybridized carbons (Fsp3) is 0.800. The lowest BCUT2D eigenvalue weighted by Crippen LogP contribution is -2.70. The number of hydrogen-bond acceptors (Lipinski definition) is 6. The van der Waals surface area contributed by atoms with Crippen molar-refractivity contribution in [2.45, 2.75) is 69.3 Å². The standard InChI is InChI=1S/C15H24N2O5S/c1-7-21-12(19)9-15(5,6)23-11-8(10(18)17(9)11)16-13(20)22-14(2,3)4/h8-9,11H,7H2,1-6H3,(H,16,20)/t8-,9+,11-/m1/s1. The number of hydrogen-bond donors (Lipinski definition) is 1. The first-order chi connectivity index (χ1) is 10.5. The monoisotopic (exact) mass is 344 g/mol. The van der Waals surface area contributed by atoms with Crippen LogP contribution < -0.4 is 5.32 Å². The maximum absolute atomic E-state index is 12.4. The van der Waals surface area contributed by atoms with Crippen LogP contribution >= 0.6 is 11.8 Å². The van der Waals surface area contributed by atoms with Crippen LogP contribution in [0.25, 0.3) is 0 Å². The summed E-state index contributed by atoms with van der Waals surface area (Å²) in [6, 6.07) is -1.31. The molecule has 2 aliphatic rings. The summed E-state index contributed by atoms with van der Waals surface area (Å²) in [6.07, 6.45) is -0.631. The molecule has 2 saturated heterocycles. The van der Waals surface area contributed by atoms with Crippen molar-refractivity contribution < 1.29 is 23.9 Å². The van der Waals surface area contributed by atoms with Gasteiger partial charge in [-0.05, 0) is 41.5 Å². The Morgan fingerprint density at radius 3 is 2.48 bits per heavy atom. The van der Waals surface area contributed by atoms with Gasteiger partial charge >= 0.3 is 12.1 Å². The van der Waals surface area contributed by atoms with Crippen LogP contribution in [0.15, 0.2) is 0 Å². The van der Waals surface area contributed by atoms with Crippen molar-refractivity contribution in [3.8, 4) is 0 Å². The van der Waals surface area contributed by atoms with E-state index in [2.05, 4.69) is 5.32 Å². The Bertz CT molecular complexity index is 528. The van der Waals surface area contributed by atoms with E-state index >= 15 is 0 Å². The minimum Gasteiger partial charge on any atom is -0.464 e. The maximum atomic E-state index is 12.4. The number of carbonyl (C=O) groups is 3. The molecule has 2 fully saturated rings. The first-order valence-corrected chi connectivity index (χ1v) is 8.52. The molecule has 8 heteroatoms. The molecule has 2 aliphatic heterocycles. The van der Waals surface area contributed by atoms with Crippen LogP contribution in [0.5, 0.6) is 0 Å². The highest BCUT2D eigenvalue weighted by atomic mass is 32.2. The van der Waals surface area contributed by atoms with E-state index in [9.17, 15) is 14.4 Å². The fourth-order valence-electron chi connectivity index (χ4n) is 2.78. The van der Waals surface area contributed by atoms with Crippen LogP contribution in [0.4, 0.5) is 4.79 Å². The number of nitrogens with zero attached hydrogens (tertiary/aromatic N) is 1. The average Bonchev–Trinajstić information content (AvgIpc) is 2.63. The van der Waals surface area contributed by atoms with Gasteiger partial charge in [-0.1, -0.05) is 0 Å². The fourth-order valence-corrected chi connectivity index (χ4v) is 4.40. The van der Waals surface area contributed by atoms with Gasteiger partial charge in [0.25, 0.3) is 0 Å². The van der Waals surface area contributed by atoms with Gasteiger partial charge in [0.15, 0.2) is 0 Å². The van der Waals surface area contributed by atoms with Gasteiger partial charge in [0, 0.05) is 4.75 Å². The molecule has 130 valence electrons. The lowest BCUT2D eigenvalue weighted by atomic mass is 9.96. The van der Waals surface area contributed by atoms with E-state index in [1.54, 1.807) is 27.7 Å². The van der Waals surface area contributed by atoms with Crippen LogP contribution in [0.2, 0.25) is 0 Å². The Labute approximate surface area is 140 Å². The quantitative estimate of drug-likeness (QED) is 0.617. The highest BCUT2D eigenvalue weighted by Crippen LogP contribution is 2.51. The zero-order valence-corrected chi connectivity index (χ0v) is 15.2. The maximum Gasteiger partial charge on any atom is 0.408 e. The third-order valence-corrected chi connectivity index (χ3v) is 5.19. The summed E-state index contributed by atoms with van der Waals surface area (Å²) in [7, 11) is 0. The van der Waals surface area contributed by atoms with E-state index < -0.39 is 34.5 Å². The summed E-state index contributed by atoms with van der Waals surface area (Å²) in [6.45, 7) is 11.1. The zero-order valence-electron chi connectivity index (χ0n) is 14.3. The highest BCUT2D eigenvalue weighted by molar-refractivity contribution is 8.01. The lowest BCUT2D eigenvalue weighted by molar-refractivity contribution is -0.163. The van der Waals surface area contributed by atoms with Crippen molar-refractivity contribution in [1.29, 1.82) is 0 Å². The zero-order chi connectivity index (χ0) is 17.6. The van der Waals surface area contributed by atoms with Crippen LogP contribution in [0, 0.1) is 0 Å². The van der Waals surface area contributed by atoms with Crippen LogP contribution in [-0.4, -0.2) is 57.3 Å². The van der Waals surface area contributed by atoms with Crippen molar-refractivity contribution in [3.05, 3.63) is 0 Å². The van der Waals surface area contributed by atoms with Crippen LogP contribution in [-0.2, 0) is 19.1 Å². The van der Waals surface area contributed by atoms with E-state index in [0.29, 0.717) is 0 Å². The Morgan fingerprint density at radius 1 is 1.35 bits per heavy atom.